The van der Waals surface area contributed by atoms with E-state index in [9.17, 15) is 14.0 Å². The molecule has 0 radical (unpaired) electrons. The Kier molecular flexibility index (Phi) is 6.70. The molecule has 194 valence electrons. The van der Waals surface area contributed by atoms with Gasteiger partial charge in [0.2, 0.25) is 0 Å². The number of anilines is 1. The summed E-state index contributed by atoms with van der Waals surface area (Å²) in [4.78, 5) is 29.1. The second kappa shape index (κ2) is 9.66. The average Bonchev–Trinajstić information content (AvgIpc) is 2.77. The zero-order chi connectivity index (χ0) is 25.6. The Bertz CT molecular complexity index is 1180. The van der Waals surface area contributed by atoms with Crippen molar-refractivity contribution in [1.29, 1.82) is 0 Å². The summed E-state index contributed by atoms with van der Waals surface area (Å²) in [5.74, 6) is 1.03. The molecule has 3 aliphatic carbocycles. The van der Waals surface area contributed by atoms with E-state index in [-0.39, 0.29) is 23.0 Å². The molecular weight excluding hydrogens is 455 g/mol. The van der Waals surface area contributed by atoms with Gasteiger partial charge in [-0.15, -0.1) is 0 Å². The van der Waals surface area contributed by atoms with Gasteiger partial charge in [0.15, 0.2) is 0 Å². The lowest BCUT2D eigenvalue weighted by Crippen LogP contribution is -2.62. The number of amides is 1. The van der Waals surface area contributed by atoms with Crippen LogP contribution in [0.1, 0.15) is 85.2 Å². The molecule has 4 aliphatic rings. The van der Waals surface area contributed by atoms with Crippen molar-refractivity contribution in [2.75, 3.05) is 32.0 Å². The van der Waals surface area contributed by atoms with Crippen molar-refractivity contribution in [2.24, 2.45) is 11.8 Å². The van der Waals surface area contributed by atoms with Crippen molar-refractivity contribution >= 4 is 11.6 Å². The van der Waals surface area contributed by atoms with E-state index in [1.807, 2.05) is 30.5 Å². The van der Waals surface area contributed by atoms with Crippen molar-refractivity contribution in [2.45, 2.75) is 70.6 Å². The number of carbonyl (C=O) groups excluding carboxylic acids is 1. The maximum absolute atomic E-state index is 14.1. The van der Waals surface area contributed by atoms with Gasteiger partial charge in [-0.1, -0.05) is 18.2 Å². The molecule has 7 heteroatoms. The van der Waals surface area contributed by atoms with Crippen LogP contribution < -0.4 is 16.2 Å². The van der Waals surface area contributed by atoms with E-state index in [1.54, 1.807) is 18.3 Å². The highest BCUT2D eigenvalue weighted by Crippen LogP contribution is 2.61. The summed E-state index contributed by atoms with van der Waals surface area (Å²) in [5, 5.41) is 6.58. The molecule has 1 aromatic heterocycles. The fourth-order valence-corrected chi connectivity index (χ4v) is 6.40. The number of carbonyl (C=O) groups is 1. The maximum Gasteiger partial charge on any atom is 0.255 e. The molecular formula is C29H39FN4O2. The minimum atomic E-state index is -1.07. The fraction of sp³-hybridized carbons (Fsp3) is 0.586. The summed E-state index contributed by atoms with van der Waals surface area (Å²) in [6.07, 6.45) is 6.00. The first kappa shape index (κ1) is 25.0. The minimum absolute atomic E-state index is 0.0379. The van der Waals surface area contributed by atoms with Crippen LogP contribution in [-0.4, -0.2) is 42.1 Å². The third-order valence-corrected chi connectivity index (χ3v) is 8.89. The number of hydrogen-bond donors (Lipinski definition) is 2. The van der Waals surface area contributed by atoms with Gasteiger partial charge < -0.3 is 20.1 Å². The van der Waals surface area contributed by atoms with E-state index in [1.165, 1.54) is 6.92 Å². The van der Waals surface area contributed by atoms with Crippen LogP contribution in [-0.2, 0) is 5.54 Å². The van der Waals surface area contributed by atoms with Gasteiger partial charge in [-0.25, -0.2) is 4.39 Å². The molecule has 36 heavy (non-hydrogen) atoms. The Hall–Kier alpha value is -2.67. The Morgan fingerprint density at radius 1 is 1.17 bits per heavy atom. The first-order chi connectivity index (χ1) is 17.2. The van der Waals surface area contributed by atoms with Gasteiger partial charge in [0.25, 0.3) is 11.5 Å². The largest absolute Gasteiger partial charge is 0.384 e. The Balaban J connectivity index is 1.39. The van der Waals surface area contributed by atoms with Crippen LogP contribution in [0.2, 0.25) is 0 Å². The number of halogens is 1. The SMILES string of the molecule is Cc1c(C(C)F)cccc1[C@@H](C)NC(=O)c1cn(C23CC(C2)C3)c(=O)cc1NCC1CCN(C)CC1. The highest BCUT2D eigenvalue weighted by atomic mass is 19.1. The lowest BCUT2D eigenvalue weighted by atomic mass is 9.49. The van der Waals surface area contributed by atoms with E-state index in [2.05, 4.69) is 22.6 Å². The van der Waals surface area contributed by atoms with Crippen molar-refractivity contribution < 1.29 is 9.18 Å². The van der Waals surface area contributed by atoms with Gasteiger partial charge in [0.1, 0.15) is 6.17 Å². The van der Waals surface area contributed by atoms with Crippen LogP contribution in [0.4, 0.5) is 10.1 Å². The Morgan fingerprint density at radius 3 is 2.44 bits per heavy atom. The van der Waals surface area contributed by atoms with Crippen molar-refractivity contribution in [3.8, 4) is 0 Å². The quantitative estimate of drug-likeness (QED) is 0.546. The van der Waals surface area contributed by atoms with Crippen LogP contribution in [0.3, 0.4) is 0 Å². The Morgan fingerprint density at radius 2 is 1.83 bits per heavy atom. The molecule has 1 saturated heterocycles. The normalized spacial score (nSPS) is 25.4. The van der Waals surface area contributed by atoms with Crippen LogP contribution in [0, 0.1) is 18.8 Å². The lowest BCUT2D eigenvalue weighted by molar-refractivity contribution is -0.0914. The zero-order valence-corrected chi connectivity index (χ0v) is 21.9. The number of hydrogen-bond acceptors (Lipinski definition) is 4. The summed E-state index contributed by atoms with van der Waals surface area (Å²) >= 11 is 0. The third-order valence-electron chi connectivity index (χ3n) is 8.89. The van der Waals surface area contributed by atoms with E-state index >= 15 is 0 Å². The number of nitrogens with one attached hydrogen (secondary N) is 2. The van der Waals surface area contributed by atoms with Crippen molar-refractivity contribution in [3.63, 3.8) is 0 Å². The second-order valence-corrected chi connectivity index (χ2v) is 11.5. The number of piperidine rings is 1. The number of pyridine rings is 1. The highest BCUT2D eigenvalue weighted by molar-refractivity contribution is 5.99. The van der Waals surface area contributed by atoms with Crippen molar-refractivity contribution in [3.05, 3.63) is 63.1 Å². The van der Waals surface area contributed by atoms with Crippen LogP contribution in [0.25, 0.3) is 0 Å². The van der Waals surface area contributed by atoms with Gasteiger partial charge >= 0.3 is 0 Å². The molecule has 2 bridgehead atoms. The Labute approximate surface area is 213 Å². The molecule has 2 N–H and O–H groups in total. The van der Waals surface area contributed by atoms with Crippen LogP contribution in [0.5, 0.6) is 0 Å². The highest BCUT2D eigenvalue weighted by Gasteiger charge is 2.58. The molecule has 1 aromatic carbocycles. The maximum atomic E-state index is 14.1. The molecule has 4 fully saturated rings. The lowest BCUT2D eigenvalue weighted by Gasteiger charge is -2.62. The molecule has 0 spiro atoms. The van der Waals surface area contributed by atoms with Gasteiger partial charge in [-0.3, -0.25) is 9.59 Å². The molecule has 2 aromatic rings. The topological polar surface area (TPSA) is 66.4 Å². The number of alkyl halides is 1. The smallest absolute Gasteiger partial charge is 0.255 e. The molecule has 2 atom stereocenters. The van der Waals surface area contributed by atoms with E-state index in [0.29, 0.717) is 22.7 Å². The third kappa shape index (κ3) is 4.58. The molecule has 2 heterocycles. The predicted octanol–water partition coefficient (Wildman–Crippen LogP) is 4.94. The van der Waals surface area contributed by atoms with Gasteiger partial charge in [-0.2, -0.15) is 0 Å². The van der Waals surface area contributed by atoms with Gasteiger partial charge in [0.05, 0.1) is 17.3 Å². The summed E-state index contributed by atoms with van der Waals surface area (Å²) in [7, 11) is 2.14. The van der Waals surface area contributed by atoms with Gasteiger partial charge in [0, 0.05) is 24.3 Å². The molecule has 1 unspecified atom stereocenters. The molecule has 1 aliphatic heterocycles. The van der Waals surface area contributed by atoms with E-state index in [4.69, 9.17) is 0 Å². The zero-order valence-electron chi connectivity index (χ0n) is 21.9. The van der Waals surface area contributed by atoms with E-state index in [0.717, 1.165) is 68.8 Å². The van der Waals surface area contributed by atoms with E-state index < -0.39 is 6.17 Å². The summed E-state index contributed by atoms with van der Waals surface area (Å²) in [6, 6.07) is 6.89. The molecule has 6 nitrogen and oxygen atoms in total. The molecule has 1 amide bonds. The number of benzene rings is 1. The minimum Gasteiger partial charge on any atom is -0.384 e. The predicted molar refractivity (Wildman–Crippen MR) is 141 cm³/mol. The summed E-state index contributed by atoms with van der Waals surface area (Å²) in [6.45, 7) is 8.25. The standard InChI is InChI=1S/C29H39FN4O2/c1-18-23(19(2)30)6-5-7-24(18)20(3)32-28(36)25-17-34(29-13-22(14-29)15-29)27(35)12-26(25)31-16-21-8-10-33(4)11-9-21/h5-7,12,17,19-22,31H,8-11,13-16H2,1-4H3,(H,32,36)/t19?,20-,22?,29?/m1/s1. The monoisotopic (exact) mass is 494 g/mol. The molecule has 6 rings (SSSR count). The van der Waals surface area contributed by atoms with Gasteiger partial charge in [-0.05, 0) is 102 Å². The van der Waals surface area contributed by atoms with Crippen LogP contribution >= 0.6 is 0 Å². The first-order valence-electron chi connectivity index (χ1n) is 13.4. The van der Waals surface area contributed by atoms with Crippen LogP contribution in [0.15, 0.2) is 35.3 Å². The molecule has 3 saturated carbocycles. The fourth-order valence-electron chi connectivity index (χ4n) is 6.40. The summed E-state index contributed by atoms with van der Waals surface area (Å²) in [5.41, 5.74) is 3.38. The first-order valence-corrected chi connectivity index (χ1v) is 13.4. The second-order valence-electron chi connectivity index (χ2n) is 11.5. The number of aromatic nitrogens is 1. The summed E-state index contributed by atoms with van der Waals surface area (Å²) < 4.78 is 15.9. The number of rotatable bonds is 8. The number of nitrogens with zero attached hydrogens (tertiary/aromatic N) is 2. The average molecular weight is 495 g/mol. The number of likely N-dealkylation sites (tertiary alicyclic amines) is 1. The van der Waals surface area contributed by atoms with Crippen molar-refractivity contribution in [1.82, 2.24) is 14.8 Å².